The number of rotatable bonds is 5. The molecule has 0 fully saturated rings. The zero-order valence-electron chi connectivity index (χ0n) is 18.9. The summed E-state index contributed by atoms with van der Waals surface area (Å²) in [5.74, 6) is -0.0746. The number of hydrogen-bond acceptors (Lipinski definition) is 4. The average molecular weight is 427 g/mol. The van der Waals surface area contributed by atoms with Crippen LogP contribution in [0.4, 0.5) is 11.4 Å². The van der Waals surface area contributed by atoms with Crippen LogP contribution in [0.15, 0.2) is 66.4 Å². The van der Waals surface area contributed by atoms with E-state index < -0.39 is 0 Å². The summed E-state index contributed by atoms with van der Waals surface area (Å²) in [4.78, 5) is 28.4. The number of imide groups is 1. The topological polar surface area (TPSA) is 58.6 Å². The second-order valence-corrected chi connectivity index (χ2v) is 8.14. The molecule has 1 N–H and O–H groups in total. The van der Waals surface area contributed by atoms with Crippen LogP contribution in [0, 0.1) is 27.7 Å². The number of aryl methyl sites for hydroxylation is 4. The number of benzene rings is 3. The Kier molecular flexibility index (Phi) is 5.57. The van der Waals surface area contributed by atoms with Crippen molar-refractivity contribution in [3.05, 3.63) is 94.2 Å². The number of hydrogen-bond donors (Lipinski definition) is 1. The first-order chi connectivity index (χ1) is 15.3. The quantitative estimate of drug-likeness (QED) is 0.561. The van der Waals surface area contributed by atoms with E-state index in [1.165, 1.54) is 4.90 Å². The van der Waals surface area contributed by atoms with Crippen LogP contribution in [0.2, 0.25) is 0 Å². The Hall–Kier alpha value is -3.86. The normalized spacial score (nSPS) is 13.7. The maximum absolute atomic E-state index is 13.6. The van der Waals surface area contributed by atoms with E-state index in [0.29, 0.717) is 17.0 Å². The zero-order chi connectivity index (χ0) is 23.0. The Morgan fingerprint density at radius 2 is 1.44 bits per heavy atom. The summed E-state index contributed by atoms with van der Waals surface area (Å²) in [5.41, 5.74) is 6.92. The maximum atomic E-state index is 13.6. The Balaban J connectivity index is 1.85. The molecule has 3 aromatic rings. The van der Waals surface area contributed by atoms with Crippen LogP contribution in [0.25, 0.3) is 5.57 Å². The van der Waals surface area contributed by atoms with Crippen molar-refractivity contribution in [2.45, 2.75) is 27.7 Å². The Morgan fingerprint density at radius 1 is 0.750 bits per heavy atom. The van der Waals surface area contributed by atoms with Crippen LogP contribution < -0.4 is 15.0 Å². The zero-order valence-corrected chi connectivity index (χ0v) is 18.9. The Bertz CT molecular complexity index is 1260. The summed E-state index contributed by atoms with van der Waals surface area (Å²) >= 11 is 0. The number of carbonyl (C=O) groups excluding carboxylic acids is 2. The van der Waals surface area contributed by atoms with Gasteiger partial charge in [-0.3, -0.25) is 9.59 Å². The van der Waals surface area contributed by atoms with Crippen LogP contribution in [0.1, 0.15) is 27.8 Å². The van der Waals surface area contributed by atoms with E-state index in [1.807, 2.05) is 64.1 Å². The molecule has 0 radical (unpaired) electrons. The van der Waals surface area contributed by atoms with Crippen LogP contribution >= 0.6 is 0 Å². The number of methoxy groups -OCH3 is 1. The molecule has 162 valence electrons. The fraction of sp³-hybridized carbons (Fsp3) is 0.185. The molecule has 1 heterocycles. The second kappa shape index (κ2) is 8.35. The molecule has 2 amide bonds. The second-order valence-electron chi connectivity index (χ2n) is 8.14. The van der Waals surface area contributed by atoms with Crippen molar-refractivity contribution in [2.24, 2.45) is 0 Å². The molecule has 4 rings (SSSR count). The minimum Gasteiger partial charge on any atom is -0.497 e. The molecule has 1 aliphatic rings. The number of anilines is 2. The molecule has 5 nitrogen and oxygen atoms in total. The largest absolute Gasteiger partial charge is 0.497 e. The van der Waals surface area contributed by atoms with Gasteiger partial charge in [0.05, 0.1) is 18.4 Å². The number of nitrogens with one attached hydrogen (secondary N) is 1. The third-order valence-electron chi connectivity index (χ3n) is 5.86. The summed E-state index contributed by atoms with van der Waals surface area (Å²) in [6, 6.07) is 18.7. The Labute approximate surface area is 188 Å². The van der Waals surface area contributed by atoms with E-state index in [-0.39, 0.29) is 17.5 Å². The molecule has 0 saturated heterocycles. The van der Waals surface area contributed by atoms with Crippen molar-refractivity contribution in [3.8, 4) is 5.75 Å². The van der Waals surface area contributed by atoms with Gasteiger partial charge in [0.1, 0.15) is 11.4 Å². The van der Waals surface area contributed by atoms with Gasteiger partial charge in [-0.2, -0.15) is 0 Å². The molecule has 5 heteroatoms. The molecule has 1 aliphatic heterocycles. The van der Waals surface area contributed by atoms with Gasteiger partial charge >= 0.3 is 0 Å². The van der Waals surface area contributed by atoms with E-state index in [0.717, 1.165) is 33.5 Å². The van der Waals surface area contributed by atoms with Crippen LogP contribution in [0.3, 0.4) is 0 Å². The third-order valence-corrected chi connectivity index (χ3v) is 5.86. The lowest BCUT2D eigenvalue weighted by atomic mass is 9.99. The lowest BCUT2D eigenvalue weighted by molar-refractivity contribution is -0.120. The van der Waals surface area contributed by atoms with Gasteiger partial charge < -0.3 is 10.1 Å². The molecular formula is C27H26N2O3. The van der Waals surface area contributed by atoms with Crippen molar-refractivity contribution in [3.63, 3.8) is 0 Å². The van der Waals surface area contributed by atoms with Crippen molar-refractivity contribution >= 4 is 28.8 Å². The van der Waals surface area contributed by atoms with Crippen LogP contribution in [0.5, 0.6) is 5.75 Å². The van der Waals surface area contributed by atoms with Gasteiger partial charge in [-0.15, -0.1) is 0 Å². The van der Waals surface area contributed by atoms with E-state index >= 15 is 0 Å². The van der Waals surface area contributed by atoms with Crippen molar-refractivity contribution < 1.29 is 14.3 Å². The van der Waals surface area contributed by atoms with E-state index in [4.69, 9.17) is 4.74 Å². The number of ether oxygens (including phenoxy) is 1. The first kappa shape index (κ1) is 21.4. The lowest BCUT2D eigenvalue weighted by Crippen LogP contribution is -2.32. The van der Waals surface area contributed by atoms with Crippen molar-refractivity contribution in [1.29, 1.82) is 0 Å². The minimum atomic E-state index is -0.380. The van der Waals surface area contributed by atoms with Gasteiger partial charge in [0.25, 0.3) is 11.8 Å². The van der Waals surface area contributed by atoms with E-state index in [2.05, 4.69) is 5.32 Å². The monoisotopic (exact) mass is 426 g/mol. The predicted octanol–water partition coefficient (Wildman–Crippen LogP) is 5.33. The number of nitrogens with zero attached hydrogens (tertiary/aromatic N) is 1. The van der Waals surface area contributed by atoms with Crippen molar-refractivity contribution in [1.82, 2.24) is 0 Å². The van der Waals surface area contributed by atoms with E-state index in [1.54, 1.807) is 31.4 Å². The molecule has 0 saturated carbocycles. The molecule has 0 aliphatic carbocycles. The highest BCUT2D eigenvalue weighted by atomic mass is 16.5. The summed E-state index contributed by atoms with van der Waals surface area (Å²) < 4.78 is 5.21. The summed E-state index contributed by atoms with van der Waals surface area (Å²) in [6.45, 7) is 7.99. The third kappa shape index (κ3) is 3.78. The molecule has 0 spiro atoms. The molecule has 32 heavy (non-hydrogen) atoms. The van der Waals surface area contributed by atoms with Gasteiger partial charge in [0, 0.05) is 5.69 Å². The number of carbonyl (C=O) groups is 2. The highest BCUT2D eigenvalue weighted by molar-refractivity contribution is 6.46. The highest BCUT2D eigenvalue weighted by Crippen LogP contribution is 2.35. The fourth-order valence-electron chi connectivity index (χ4n) is 3.78. The maximum Gasteiger partial charge on any atom is 0.282 e. The molecule has 0 bridgehead atoms. The minimum absolute atomic E-state index is 0.280. The molecular weight excluding hydrogens is 400 g/mol. The molecule has 0 unspecified atom stereocenters. The SMILES string of the molecule is COc1ccc(N2C(=O)C(Nc3cc(C)ccc3C)=C(c3ccc(C)c(C)c3)C2=O)cc1. The van der Waals surface area contributed by atoms with Gasteiger partial charge in [-0.25, -0.2) is 4.90 Å². The summed E-state index contributed by atoms with van der Waals surface area (Å²) in [5, 5.41) is 3.28. The van der Waals surface area contributed by atoms with Gasteiger partial charge in [-0.05, 0) is 85.8 Å². The molecule has 3 aromatic carbocycles. The van der Waals surface area contributed by atoms with Crippen molar-refractivity contribution in [2.75, 3.05) is 17.3 Å². The first-order valence-corrected chi connectivity index (χ1v) is 10.5. The standard InChI is InChI=1S/C27H26N2O3/c1-16-6-7-18(3)23(14-16)28-25-24(20-9-8-17(2)19(4)15-20)26(30)29(27(25)31)21-10-12-22(32-5)13-11-21/h6-15,28H,1-5H3. The van der Waals surface area contributed by atoms with Crippen LogP contribution in [-0.2, 0) is 9.59 Å². The van der Waals surface area contributed by atoms with Crippen LogP contribution in [-0.4, -0.2) is 18.9 Å². The predicted molar refractivity (Wildman–Crippen MR) is 128 cm³/mol. The Morgan fingerprint density at radius 3 is 2.09 bits per heavy atom. The number of amides is 2. The first-order valence-electron chi connectivity index (χ1n) is 10.5. The average Bonchev–Trinajstić information content (AvgIpc) is 3.02. The smallest absolute Gasteiger partial charge is 0.282 e. The van der Waals surface area contributed by atoms with Gasteiger partial charge in [-0.1, -0.05) is 30.3 Å². The van der Waals surface area contributed by atoms with Gasteiger partial charge in [0.2, 0.25) is 0 Å². The lowest BCUT2D eigenvalue weighted by Gasteiger charge is -2.16. The highest BCUT2D eigenvalue weighted by Gasteiger charge is 2.40. The molecule has 0 aromatic heterocycles. The van der Waals surface area contributed by atoms with Gasteiger partial charge in [0.15, 0.2) is 0 Å². The summed E-state index contributed by atoms with van der Waals surface area (Å²) in [6.07, 6.45) is 0. The van der Waals surface area contributed by atoms with E-state index in [9.17, 15) is 9.59 Å². The molecule has 0 atom stereocenters. The fourth-order valence-corrected chi connectivity index (χ4v) is 3.78. The summed E-state index contributed by atoms with van der Waals surface area (Å²) in [7, 11) is 1.58.